The number of benzene rings is 5. The first-order valence-corrected chi connectivity index (χ1v) is 24.7. The summed E-state index contributed by atoms with van der Waals surface area (Å²) in [4.78, 5) is 16.0. The van der Waals surface area contributed by atoms with Crippen molar-refractivity contribution in [2.45, 2.75) is 122 Å². The second-order valence-corrected chi connectivity index (χ2v) is 19.5. The van der Waals surface area contributed by atoms with Gasteiger partial charge in [-0.25, -0.2) is 4.79 Å². The predicted molar refractivity (Wildman–Crippen MR) is 269 cm³/mol. The summed E-state index contributed by atoms with van der Waals surface area (Å²) < 4.78 is 0. The average molecular weight is 861 g/mol. The van der Waals surface area contributed by atoms with E-state index in [0.29, 0.717) is 0 Å². The molecule has 0 radical (unpaired) electrons. The topological polar surface area (TPSA) is 64.3 Å². The van der Waals surface area contributed by atoms with Crippen molar-refractivity contribution in [3.05, 3.63) is 164 Å². The minimum atomic E-state index is -1.21. The molecule has 9 rings (SSSR count). The number of unbranched alkanes of at least 4 members (excludes halogenated alkanes) is 4. The SMILES string of the molecule is CCCCC1(CCCC)c2ccccc2-c2ccc(N(c3ccc4c(c3)CC(c3ccc(C=C(C#N)C(=O)O)s3)=C4)c3ccc4c(c3)C(CCCC)(CCCC)c3ccccc3-4)cc21. The molecule has 6 aromatic rings. The van der Waals surface area contributed by atoms with E-state index in [2.05, 4.69) is 148 Å². The average Bonchev–Trinajstić information content (AvgIpc) is 4.09. The summed E-state index contributed by atoms with van der Waals surface area (Å²) in [6.07, 6.45) is 18.5. The quantitative estimate of drug-likeness (QED) is 0.0691. The first-order valence-electron chi connectivity index (χ1n) is 23.9. The molecule has 64 heavy (non-hydrogen) atoms. The highest BCUT2D eigenvalue weighted by molar-refractivity contribution is 7.14. The Bertz CT molecular complexity index is 2700. The molecule has 0 unspecified atom stereocenters. The largest absolute Gasteiger partial charge is 0.477 e. The summed E-state index contributed by atoms with van der Waals surface area (Å²) in [5.74, 6) is -1.21. The number of hydrogen-bond acceptors (Lipinski definition) is 4. The fourth-order valence-corrected chi connectivity index (χ4v) is 12.3. The lowest BCUT2D eigenvalue weighted by atomic mass is 9.70. The van der Waals surface area contributed by atoms with Crippen molar-refractivity contribution in [3.63, 3.8) is 0 Å². The Morgan fingerprint density at radius 3 is 1.62 bits per heavy atom. The normalized spacial score (nSPS) is 14.9. The van der Waals surface area contributed by atoms with Gasteiger partial charge in [0.15, 0.2) is 0 Å². The van der Waals surface area contributed by atoms with Gasteiger partial charge < -0.3 is 10.0 Å². The van der Waals surface area contributed by atoms with Crippen molar-refractivity contribution in [2.24, 2.45) is 0 Å². The van der Waals surface area contributed by atoms with E-state index in [1.54, 1.807) is 0 Å². The highest BCUT2D eigenvalue weighted by atomic mass is 32.1. The van der Waals surface area contributed by atoms with E-state index in [-0.39, 0.29) is 16.4 Å². The van der Waals surface area contributed by atoms with Gasteiger partial charge in [-0.2, -0.15) is 5.26 Å². The fraction of sp³-hybridized carbons (Fsp3) is 0.322. The molecule has 0 saturated carbocycles. The van der Waals surface area contributed by atoms with Gasteiger partial charge in [0.05, 0.1) is 0 Å². The molecule has 0 aliphatic heterocycles. The Hall–Kier alpha value is -5.96. The third kappa shape index (κ3) is 7.54. The van der Waals surface area contributed by atoms with Gasteiger partial charge in [-0.05, 0) is 154 Å². The molecule has 0 bridgehead atoms. The number of carbonyl (C=O) groups is 1. The molecule has 0 spiro atoms. The third-order valence-corrected chi connectivity index (χ3v) is 15.6. The van der Waals surface area contributed by atoms with E-state index in [0.717, 1.165) is 47.5 Å². The van der Waals surface area contributed by atoms with Crippen LogP contribution in [0.25, 0.3) is 40.0 Å². The minimum Gasteiger partial charge on any atom is -0.477 e. The monoisotopic (exact) mass is 860 g/mol. The number of hydrogen-bond donors (Lipinski definition) is 1. The van der Waals surface area contributed by atoms with Gasteiger partial charge in [0.25, 0.3) is 0 Å². The Morgan fingerprint density at radius 2 is 1.12 bits per heavy atom. The standard InChI is InChI=1S/C59H60N2O2S/c1-5-9-29-58(30-10-6-2)52-19-15-13-17-48(52)50-26-23-45(37-54(50)58)61(44-22-21-40-33-42(34-41(40)35-44)56-28-25-47(64-56)36-43(39-60)57(62)63)46-24-27-51-49-18-14-16-20-53(49)59(31-11-7-3,32-12-8-4)55(51)38-46/h13-28,33,35-38H,5-12,29-32,34H2,1-4H3,(H,62,63). The second kappa shape index (κ2) is 18.3. The van der Waals surface area contributed by atoms with Crippen LogP contribution in [0.3, 0.4) is 0 Å². The summed E-state index contributed by atoms with van der Waals surface area (Å²) in [5, 5.41) is 18.8. The van der Waals surface area contributed by atoms with Gasteiger partial charge in [0, 0.05) is 37.6 Å². The summed E-state index contributed by atoms with van der Waals surface area (Å²) in [5.41, 5.74) is 18.4. The van der Waals surface area contributed by atoms with Crippen molar-refractivity contribution >= 4 is 52.1 Å². The van der Waals surface area contributed by atoms with Crippen molar-refractivity contribution in [1.29, 1.82) is 5.26 Å². The van der Waals surface area contributed by atoms with Crippen LogP contribution >= 0.6 is 11.3 Å². The molecule has 0 saturated heterocycles. The molecule has 0 atom stereocenters. The maximum Gasteiger partial charge on any atom is 0.346 e. The number of carboxylic acid groups (broad SMARTS) is 1. The van der Waals surface area contributed by atoms with Crippen molar-refractivity contribution in [1.82, 2.24) is 0 Å². The number of aliphatic carboxylic acids is 1. The molecule has 1 aromatic heterocycles. The molecular weight excluding hydrogens is 801 g/mol. The van der Waals surface area contributed by atoms with E-state index in [9.17, 15) is 15.2 Å². The zero-order valence-electron chi connectivity index (χ0n) is 38.0. The molecule has 4 nitrogen and oxygen atoms in total. The van der Waals surface area contributed by atoms with Gasteiger partial charge in [-0.1, -0.05) is 146 Å². The van der Waals surface area contributed by atoms with Crippen LogP contribution in [0, 0.1) is 11.3 Å². The number of nitriles is 1. The molecule has 3 aliphatic rings. The van der Waals surface area contributed by atoms with Crippen LogP contribution in [0.4, 0.5) is 17.1 Å². The number of fused-ring (bicyclic) bond motifs is 7. The van der Waals surface area contributed by atoms with Gasteiger partial charge in [0.1, 0.15) is 11.6 Å². The molecular formula is C59H60N2O2S. The van der Waals surface area contributed by atoms with Crippen molar-refractivity contribution in [3.8, 4) is 28.3 Å². The molecule has 324 valence electrons. The van der Waals surface area contributed by atoms with Gasteiger partial charge in [-0.15, -0.1) is 11.3 Å². The van der Waals surface area contributed by atoms with Crippen LogP contribution in [-0.4, -0.2) is 11.1 Å². The zero-order valence-corrected chi connectivity index (χ0v) is 38.8. The van der Waals surface area contributed by atoms with Crippen LogP contribution in [-0.2, 0) is 22.0 Å². The van der Waals surface area contributed by atoms with Gasteiger partial charge in [-0.3, -0.25) is 0 Å². The van der Waals surface area contributed by atoms with Crippen molar-refractivity contribution in [2.75, 3.05) is 4.90 Å². The number of allylic oxidation sites excluding steroid dienone is 1. The predicted octanol–water partition coefficient (Wildman–Crippen LogP) is 16.6. The molecule has 3 aliphatic carbocycles. The van der Waals surface area contributed by atoms with Crippen molar-refractivity contribution < 1.29 is 9.90 Å². The maximum absolute atomic E-state index is 11.6. The minimum absolute atomic E-state index is 0.0291. The smallest absolute Gasteiger partial charge is 0.346 e. The first-order chi connectivity index (χ1) is 31.3. The van der Waals surface area contributed by atoms with Crippen LogP contribution in [0.15, 0.2) is 121 Å². The lowest BCUT2D eigenvalue weighted by Crippen LogP contribution is -2.26. The fourth-order valence-electron chi connectivity index (χ4n) is 11.4. The van der Waals surface area contributed by atoms with E-state index in [1.165, 1.54) is 141 Å². The number of carboxylic acids is 1. The molecule has 1 heterocycles. The first kappa shape index (κ1) is 43.3. The number of thiophene rings is 1. The zero-order chi connectivity index (χ0) is 44.4. The number of rotatable bonds is 18. The Labute approximate surface area is 384 Å². The highest BCUT2D eigenvalue weighted by Gasteiger charge is 2.44. The maximum atomic E-state index is 11.6. The molecule has 5 aromatic carbocycles. The highest BCUT2D eigenvalue weighted by Crippen LogP contribution is 2.58. The molecule has 5 heteroatoms. The van der Waals surface area contributed by atoms with Crippen LogP contribution < -0.4 is 4.90 Å². The van der Waals surface area contributed by atoms with Crippen LogP contribution in [0.1, 0.15) is 148 Å². The number of nitrogens with zero attached hydrogens (tertiary/aromatic N) is 2. The van der Waals surface area contributed by atoms with Gasteiger partial charge >= 0.3 is 5.97 Å². The summed E-state index contributed by atoms with van der Waals surface area (Å²) in [6.45, 7) is 9.31. The van der Waals surface area contributed by atoms with Crippen LogP contribution in [0.5, 0.6) is 0 Å². The van der Waals surface area contributed by atoms with Crippen LogP contribution in [0.2, 0.25) is 0 Å². The Morgan fingerprint density at radius 1 is 0.641 bits per heavy atom. The summed E-state index contributed by atoms with van der Waals surface area (Å²) in [7, 11) is 0. The van der Waals surface area contributed by atoms with E-state index in [1.807, 2.05) is 12.1 Å². The molecule has 0 fully saturated rings. The third-order valence-electron chi connectivity index (χ3n) is 14.5. The number of anilines is 3. The lowest BCUT2D eigenvalue weighted by molar-refractivity contribution is -0.132. The Balaban J connectivity index is 1.19. The Kier molecular flexibility index (Phi) is 12.4. The molecule has 0 amide bonds. The van der Waals surface area contributed by atoms with Gasteiger partial charge in [0.2, 0.25) is 0 Å². The van der Waals surface area contributed by atoms with E-state index >= 15 is 0 Å². The summed E-state index contributed by atoms with van der Waals surface area (Å²) >= 11 is 1.53. The van der Waals surface area contributed by atoms with E-state index in [4.69, 9.17) is 0 Å². The second-order valence-electron chi connectivity index (χ2n) is 18.4. The molecule has 1 N–H and O–H groups in total. The summed E-state index contributed by atoms with van der Waals surface area (Å²) in [6, 6.07) is 45.9. The van der Waals surface area contributed by atoms with E-state index < -0.39 is 5.97 Å². The lowest BCUT2D eigenvalue weighted by Gasteiger charge is -2.35.